The monoisotopic (exact) mass is 527 g/mol. The minimum absolute atomic E-state index is 0.00842. The molecule has 1 saturated heterocycles. The molecular weight excluding hydrogens is 494 g/mol. The molecule has 1 aliphatic rings. The van der Waals surface area contributed by atoms with Crippen molar-refractivity contribution in [2.75, 3.05) is 26.2 Å². The van der Waals surface area contributed by atoms with Crippen LogP contribution in [0.2, 0.25) is 0 Å². The third-order valence-corrected chi connectivity index (χ3v) is 8.76. The van der Waals surface area contributed by atoms with E-state index in [4.69, 9.17) is 0 Å². The smallest absolute Gasteiger partial charge is 0.253 e. The molecule has 0 N–H and O–H groups in total. The van der Waals surface area contributed by atoms with E-state index in [2.05, 4.69) is 41.9 Å². The summed E-state index contributed by atoms with van der Waals surface area (Å²) in [6.45, 7) is 8.31. The molecule has 0 unspecified atom stereocenters. The summed E-state index contributed by atoms with van der Waals surface area (Å²) in [5, 5.41) is 0.791. The fourth-order valence-electron chi connectivity index (χ4n) is 5.30. The van der Waals surface area contributed by atoms with Gasteiger partial charge in [0.2, 0.25) is 0 Å². The molecule has 0 bridgehead atoms. The number of sulfone groups is 1. The van der Waals surface area contributed by atoms with E-state index in [1.165, 1.54) is 16.7 Å². The lowest BCUT2D eigenvalue weighted by Crippen LogP contribution is -2.35. The molecular formula is C31H33N3O3S. The van der Waals surface area contributed by atoms with E-state index in [9.17, 15) is 13.2 Å². The molecule has 2 heterocycles. The predicted molar refractivity (Wildman–Crippen MR) is 151 cm³/mol. The maximum atomic E-state index is 13.3. The van der Waals surface area contributed by atoms with E-state index in [-0.39, 0.29) is 16.6 Å². The number of aryl methyl sites for hydroxylation is 2. The third-order valence-electron chi connectivity index (χ3n) is 7.05. The van der Waals surface area contributed by atoms with Gasteiger partial charge in [0.05, 0.1) is 16.2 Å². The highest BCUT2D eigenvalue weighted by Crippen LogP contribution is 2.24. The van der Waals surface area contributed by atoms with E-state index in [1.54, 1.807) is 48.7 Å². The number of amides is 1. The van der Waals surface area contributed by atoms with Gasteiger partial charge in [0.25, 0.3) is 5.91 Å². The van der Waals surface area contributed by atoms with Crippen molar-refractivity contribution in [3.63, 3.8) is 0 Å². The van der Waals surface area contributed by atoms with E-state index >= 15 is 0 Å². The van der Waals surface area contributed by atoms with Crippen molar-refractivity contribution >= 4 is 26.6 Å². The molecule has 196 valence electrons. The minimum atomic E-state index is -3.60. The summed E-state index contributed by atoms with van der Waals surface area (Å²) in [6, 6.07) is 22.5. The highest BCUT2D eigenvalue weighted by Gasteiger charge is 2.22. The Morgan fingerprint density at radius 1 is 0.842 bits per heavy atom. The number of pyridine rings is 1. The molecule has 0 spiro atoms. The molecule has 1 fully saturated rings. The normalized spacial score (nSPS) is 14.9. The summed E-state index contributed by atoms with van der Waals surface area (Å²) in [5.41, 5.74) is 5.57. The quantitative estimate of drug-likeness (QED) is 0.346. The first-order valence-electron chi connectivity index (χ1n) is 13.0. The molecule has 38 heavy (non-hydrogen) atoms. The van der Waals surface area contributed by atoms with Gasteiger partial charge in [-0.2, -0.15) is 0 Å². The number of carbonyl (C=O) groups excluding carboxylic acids is 1. The lowest BCUT2D eigenvalue weighted by Gasteiger charge is -2.22. The van der Waals surface area contributed by atoms with Crippen LogP contribution in [0, 0.1) is 13.8 Å². The maximum Gasteiger partial charge on any atom is 0.253 e. The van der Waals surface area contributed by atoms with Gasteiger partial charge in [0.1, 0.15) is 0 Å². The SMILES string of the molecule is Cc1cc(C)cc(CN2CCCN(C(=O)c3ccc(CS(=O)(=O)c4cccc5cccnc45)cc3)CC2)c1. The molecule has 5 rings (SSSR count). The van der Waals surface area contributed by atoms with Gasteiger partial charge in [-0.3, -0.25) is 14.7 Å². The summed E-state index contributed by atoms with van der Waals surface area (Å²) < 4.78 is 26.4. The van der Waals surface area contributed by atoms with Gasteiger partial charge in [-0.1, -0.05) is 59.7 Å². The number of hydrogen-bond acceptors (Lipinski definition) is 5. The minimum Gasteiger partial charge on any atom is -0.337 e. The van der Waals surface area contributed by atoms with E-state index in [1.807, 2.05) is 17.0 Å². The Hall–Kier alpha value is -3.55. The van der Waals surface area contributed by atoms with Crippen LogP contribution >= 0.6 is 0 Å². The number of para-hydroxylation sites is 1. The molecule has 6 nitrogen and oxygen atoms in total. The van der Waals surface area contributed by atoms with Crippen LogP contribution in [-0.2, 0) is 22.1 Å². The Kier molecular flexibility index (Phi) is 7.58. The Morgan fingerprint density at radius 3 is 2.34 bits per heavy atom. The molecule has 4 aromatic rings. The predicted octanol–water partition coefficient (Wildman–Crippen LogP) is 5.17. The van der Waals surface area contributed by atoms with Crippen molar-refractivity contribution in [3.8, 4) is 0 Å². The van der Waals surface area contributed by atoms with Crippen molar-refractivity contribution in [1.82, 2.24) is 14.8 Å². The van der Waals surface area contributed by atoms with E-state index in [0.717, 1.165) is 31.4 Å². The van der Waals surface area contributed by atoms with Crippen molar-refractivity contribution in [3.05, 3.63) is 107 Å². The Morgan fingerprint density at radius 2 is 1.58 bits per heavy atom. The van der Waals surface area contributed by atoms with E-state index in [0.29, 0.717) is 29.7 Å². The van der Waals surface area contributed by atoms with Crippen molar-refractivity contribution in [2.24, 2.45) is 0 Å². The second kappa shape index (κ2) is 11.1. The summed E-state index contributed by atoms with van der Waals surface area (Å²) in [5.74, 6) is -0.153. The van der Waals surface area contributed by atoms with Crippen LogP contribution in [0.1, 0.15) is 39.0 Å². The molecule has 1 amide bonds. The zero-order valence-electron chi connectivity index (χ0n) is 21.9. The number of benzene rings is 3. The molecule has 0 aliphatic carbocycles. The highest BCUT2D eigenvalue weighted by atomic mass is 32.2. The van der Waals surface area contributed by atoms with Crippen LogP contribution in [0.25, 0.3) is 10.9 Å². The summed E-state index contributed by atoms with van der Waals surface area (Å²) >= 11 is 0. The first kappa shape index (κ1) is 26.1. The lowest BCUT2D eigenvalue weighted by atomic mass is 10.1. The topological polar surface area (TPSA) is 70.6 Å². The maximum absolute atomic E-state index is 13.3. The molecule has 0 atom stereocenters. The number of nitrogens with zero attached hydrogens (tertiary/aromatic N) is 3. The zero-order chi connectivity index (χ0) is 26.7. The summed E-state index contributed by atoms with van der Waals surface area (Å²) in [4.78, 5) is 22.1. The van der Waals surface area contributed by atoms with Crippen LogP contribution in [0.4, 0.5) is 0 Å². The molecule has 7 heteroatoms. The Labute approximate surface area is 224 Å². The second-order valence-corrected chi connectivity index (χ2v) is 12.2. The van der Waals surface area contributed by atoms with Crippen LogP contribution in [0.5, 0.6) is 0 Å². The molecule has 1 aliphatic heterocycles. The Balaban J connectivity index is 1.23. The number of hydrogen-bond donors (Lipinski definition) is 0. The van der Waals surface area contributed by atoms with Crippen molar-refractivity contribution in [2.45, 2.75) is 37.5 Å². The first-order valence-corrected chi connectivity index (χ1v) is 14.7. The molecule has 3 aromatic carbocycles. The zero-order valence-corrected chi connectivity index (χ0v) is 22.7. The average Bonchev–Trinajstić information content (AvgIpc) is 3.13. The highest BCUT2D eigenvalue weighted by molar-refractivity contribution is 7.90. The van der Waals surface area contributed by atoms with Crippen LogP contribution < -0.4 is 0 Å². The number of aromatic nitrogens is 1. The van der Waals surface area contributed by atoms with Gasteiger partial charge in [-0.05, 0) is 55.7 Å². The molecule has 1 aromatic heterocycles. The number of carbonyl (C=O) groups is 1. The third kappa shape index (κ3) is 5.95. The van der Waals surface area contributed by atoms with Gasteiger partial charge in [-0.25, -0.2) is 8.42 Å². The van der Waals surface area contributed by atoms with Gasteiger partial charge >= 0.3 is 0 Å². The average molecular weight is 528 g/mol. The lowest BCUT2D eigenvalue weighted by molar-refractivity contribution is 0.0761. The number of fused-ring (bicyclic) bond motifs is 1. The van der Waals surface area contributed by atoms with Gasteiger partial charge in [0, 0.05) is 49.9 Å². The number of rotatable bonds is 6. The van der Waals surface area contributed by atoms with Crippen molar-refractivity contribution in [1.29, 1.82) is 0 Å². The largest absolute Gasteiger partial charge is 0.337 e. The Bertz CT molecular complexity index is 1540. The standard InChI is InChI=1S/C31H33N3O3S/c1-23-18-24(2)20-26(19-23)21-33-14-5-15-34(17-16-33)31(35)28-11-9-25(10-12-28)22-38(36,37)29-8-3-6-27-7-4-13-32-30(27)29/h3-4,6-13,18-20H,5,14-17,21-22H2,1-2H3. The van der Waals surface area contributed by atoms with Crippen molar-refractivity contribution < 1.29 is 13.2 Å². The fraction of sp³-hybridized carbons (Fsp3) is 0.290. The van der Waals surface area contributed by atoms with Gasteiger partial charge in [0.15, 0.2) is 9.84 Å². The fourth-order valence-corrected chi connectivity index (χ4v) is 6.84. The molecule has 0 saturated carbocycles. The van der Waals surface area contributed by atoms with Crippen LogP contribution in [0.15, 0.2) is 83.9 Å². The summed E-state index contributed by atoms with van der Waals surface area (Å²) in [7, 11) is -3.60. The molecule has 0 radical (unpaired) electrons. The van der Waals surface area contributed by atoms with Crippen LogP contribution in [0.3, 0.4) is 0 Å². The van der Waals surface area contributed by atoms with E-state index < -0.39 is 9.84 Å². The second-order valence-electron chi connectivity index (χ2n) is 10.2. The first-order chi connectivity index (χ1) is 18.3. The van der Waals surface area contributed by atoms with Gasteiger partial charge < -0.3 is 4.90 Å². The van der Waals surface area contributed by atoms with Crippen LogP contribution in [-0.4, -0.2) is 55.3 Å². The summed E-state index contributed by atoms with van der Waals surface area (Å²) in [6.07, 6.45) is 2.53. The van der Waals surface area contributed by atoms with Gasteiger partial charge in [-0.15, -0.1) is 0 Å².